The van der Waals surface area contributed by atoms with Crippen LogP contribution in [0.2, 0.25) is 0 Å². The van der Waals surface area contributed by atoms with Crippen molar-refractivity contribution in [2.45, 2.75) is 39.7 Å². The van der Waals surface area contributed by atoms with Crippen LogP contribution in [-0.2, 0) is 17.7 Å². The van der Waals surface area contributed by atoms with Gasteiger partial charge in [0.2, 0.25) is 0 Å². The molecule has 2 heteroatoms. The molecular formula is C15H23NO. The molecule has 0 saturated heterocycles. The molecule has 0 heterocycles. The highest BCUT2D eigenvalue weighted by molar-refractivity contribution is 5.23. The van der Waals surface area contributed by atoms with Crippen LogP contribution < -0.4 is 5.32 Å². The summed E-state index contributed by atoms with van der Waals surface area (Å²) in [5.74, 6) is 0. The molecule has 0 spiro atoms. The van der Waals surface area contributed by atoms with Gasteiger partial charge in [-0.15, -0.1) is 0 Å². The lowest BCUT2D eigenvalue weighted by molar-refractivity contribution is 0.242. The minimum absolute atomic E-state index is 0.806. The minimum Gasteiger partial charge on any atom is -0.500 e. The number of aryl methyl sites for hydroxylation is 1. The molecule has 0 amide bonds. The van der Waals surface area contributed by atoms with Crippen LogP contribution in [0.1, 0.15) is 37.8 Å². The van der Waals surface area contributed by atoms with Gasteiger partial charge in [0, 0.05) is 12.7 Å². The maximum absolute atomic E-state index is 5.31. The average Bonchev–Trinajstić information content (AvgIpc) is 2.38. The van der Waals surface area contributed by atoms with Gasteiger partial charge in [-0.05, 0) is 24.0 Å². The Balaban J connectivity index is 2.21. The minimum atomic E-state index is 0.806. The third-order valence-electron chi connectivity index (χ3n) is 2.60. The molecule has 1 N–H and O–H groups in total. The zero-order chi connectivity index (χ0) is 12.3. The van der Waals surface area contributed by atoms with E-state index in [2.05, 4.69) is 43.4 Å². The van der Waals surface area contributed by atoms with Crippen molar-refractivity contribution in [3.8, 4) is 0 Å². The average molecular weight is 233 g/mol. The third-order valence-corrected chi connectivity index (χ3v) is 2.60. The Bertz CT molecular complexity index is 333. The summed E-state index contributed by atoms with van der Waals surface area (Å²) in [5.41, 5.74) is 2.69. The summed E-state index contributed by atoms with van der Waals surface area (Å²) in [6, 6.07) is 8.64. The summed E-state index contributed by atoms with van der Waals surface area (Å²) in [4.78, 5) is 0. The normalized spacial score (nSPS) is 10.7. The number of rotatable bonds is 8. The number of hydrogen-bond acceptors (Lipinski definition) is 2. The van der Waals surface area contributed by atoms with Crippen LogP contribution in [0.5, 0.6) is 0 Å². The fourth-order valence-electron chi connectivity index (χ4n) is 1.53. The Labute approximate surface area is 105 Å². The van der Waals surface area contributed by atoms with Crippen LogP contribution in [0.4, 0.5) is 0 Å². The number of nitrogens with one attached hydrogen (secondary N) is 1. The van der Waals surface area contributed by atoms with Crippen molar-refractivity contribution in [2.24, 2.45) is 0 Å². The molecule has 0 saturated carbocycles. The van der Waals surface area contributed by atoms with E-state index in [1.165, 1.54) is 17.5 Å². The third kappa shape index (κ3) is 6.00. The van der Waals surface area contributed by atoms with Crippen LogP contribution in [0.15, 0.2) is 36.7 Å². The topological polar surface area (TPSA) is 21.3 Å². The predicted octanol–water partition coefficient (Wildman–Crippen LogP) is 3.63. The van der Waals surface area contributed by atoms with Crippen LogP contribution in [0, 0.1) is 0 Å². The van der Waals surface area contributed by atoms with E-state index in [1.54, 1.807) is 6.26 Å². The molecule has 0 atom stereocenters. The molecule has 0 aliphatic rings. The number of benzene rings is 1. The Kier molecular flexibility index (Phi) is 6.96. The van der Waals surface area contributed by atoms with Gasteiger partial charge in [0.25, 0.3) is 0 Å². The molecule has 0 aliphatic carbocycles. The second-order valence-electron chi connectivity index (χ2n) is 4.08. The van der Waals surface area contributed by atoms with Crippen LogP contribution in [0.25, 0.3) is 0 Å². The number of hydrogen-bond donors (Lipinski definition) is 1. The fraction of sp³-hybridized carbons (Fsp3) is 0.467. The van der Waals surface area contributed by atoms with Crippen LogP contribution in [0.3, 0.4) is 0 Å². The van der Waals surface area contributed by atoms with Gasteiger partial charge in [0.15, 0.2) is 0 Å². The molecule has 0 aromatic heterocycles. The van der Waals surface area contributed by atoms with Gasteiger partial charge in [0.05, 0.1) is 12.9 Å². The first-order valence-corrected chi connectivity index (χ1v) is 6.44. The standard InChI is InChI=1S/C15H23NO/c1-3-5-10-17-11-9-16-13-15-8-6-7-14(4-2)12-15/h6-9,11-12,16H,3-5,10,13H2,1-2H3. The van der Waals surface area contributed by atoms with Crippen molar-refractivity contribution in [3.05, 3.63) is 47.9 Å². The molecule has 0 bridgehead atoms. The molecule has 17 heavy (non-hydrogen) atoms. The lowest BCUT2D eigenvalue weighted by atomic mass is 10.1. The molecule has 1 aromatic carbocycles. The van der Waals surface area contributed by atoms with E-state index in [0.717, 1.165) is 26.0 Å². The highest BCUT2D eigenvalue weighted by atomic mass is 16.5. The van der Waals surface area contributed by atoms with Gasteiger partial charge in [-0.2, -0.15) is 0 Å². The molecule has 0 aliphatic heterocycles. The van der Waals surface area contributed by atoms with Gasteiger partial charge in [-0.1, -0.05) is 44.5 Å². The van der Waals surface area contributed by atoms with E-state index < -0.39 is 0 Å². The Morgan fingerprint density at radius 1 is 1.24 bits per heavy atom. The lowest BCUT2D eigenvalue weighted by Gasteiger charge is -2.04. The summed E-state index contributed by atoms with van der Waals surface area (Å²) in [6.07, 6.45) is 6.98. The van der Waals surface area contributed by atoms with E-state index in [1.807, 2.05) is 6.20 Å². The molecule has 94 valence electrons. The van der Waals surface area contributed by atoms with Crippen molar-refractivity contribution in [3.63, 3.8) is 0 Å². The van der Waals surface area contributed by atoms with E-state index in [4.69, 9.17) is 4.74 Å². The molecular weight excluding hydrogens is 210 g/mol. The molecule has 1 aromatic rings. The Morgan fingerprint density at radius 3 is 2.82 bits per heavy atom. The van der Waals surface area contributed by atoms with Crippen molar-refractivity contribution in [1.29, 1.82) is 0 Å². The Hall–Kier alpha value is -1.44. The number of unbranched alkanes of at least 4 members (excludes halogenated alkanes) is 1. The summed E-state index contributed by atoms with van der Waals surface area (Å²) >= 11 is 0. The van der Waals surface area contributed by atoms with Gasteiger partial charge >= 0.3 is 0 Å². The monoisotopic (exact) mass is 233 g/mol. The lowest BCUT2D eigenvalue weighted by Crippen LogP contribution is -2.05. The summed E-state index contributed by atoms with van der Waals surface area (Å²) in [6.45, 7) is 5.99. The summed E-state index contributed by atoms with van der Waals surface area (Å²) < 4.78 is 5.31. The number of ether oxygens (including phenoxy) is 1. The van der Waals surface area contributed by atoms with E-state index in [0.29, 0.717) is 0 Å². The molecule has 0 fully saturated rings. The van der Waals surface area contributed by atoms with E-state index >= 15 is 0 Å². The molecule has 1 rings (SSSR count). The highest BCUT2D eigenvalue weighted by Gasteiger charge is 1.92. The largest absolute Gasteiger partial charge is 0.500 e. The van der Waals surface area contributed by atoms with Gasteiger partial charge < -0.3 is 10.1 Å². The quantitative estimate of drug-likeness (QED) is 0.547. The van der Waals surface area contributed by atoms with Crippen LogP contribution in [-0.4, -0.2) is 6.61 Å². The smallest absolute Gasteiger partial charge is 0.0985 e. The second kappa shape index (κ2) is 8.68. The van der Waals surface area contributed by atoms with Crippen LogP contribution >= 0.6 is 0 Å². The van der Waals surface area contributed by atoms with Crippen molar-refractivity contribution >= 4 is 0 Å². The first kappa shape index (κ1) is 13.6. The fourth-order valence-corrected chi connectivity index (χ4v) is 1.53. The maximum Gasteiger partial charge on any atom is 0.0985 e. The van der Waals surface area contributed by atoms with Crippen molar-refractivity contribution < 1.29 is 4.74 Å². The highest BCUT2D eigenvalue weighted by Crippen LogP contribution is 2.05. The predicted molar refractivity (Wildman–Crippen MR) is 72.7 cm³/mol. The first-order chi connectivity index (χ1) is 8.36. The van der Waals surface area contributed by atoms with E-state index in [-0.39, 0.29) is 0 Å². The Morgan fingerprint density at radius 2 is 2.06 bits per heavy atom. The summed E-state index contributed by atoms with van der Waals surface area (Å²) in [7, 11) is 0. The molecule has 0 unspecified atom stereocenters. The van der Waals surface area contributed by atoms with Crippen molar-refractivity contribution in [2.75, 3.05) is 6.61 Å². The molecule has 2 nitrogen and oxygen atoms in total. The zero-order valence-electron chi connectivity index (χ0n) is 10.9. The van der Waals surface area contributed by atoms with Gasteiger partial charge in [-0.25, -0.2) is 0 Å². The van der Waals surface area contributed by atoms with Gasteiger partial charge in [0.1, 0.15) is 0 Å². The zero-order valence-corrected chi connectivity index (χ0v) is 10.9. The molecule has 0 radical (unpaired) electrons. The summed E-state index contributed by atoms with van der Waals surface area (Å²) in [5, 5.41) is 3.22. The maximum atomic E-state index is 5.31. The second-order valence-corrected chi connectivity index (χ2v) is 4.08. The van der Waals surface area contributed by atoms with E-state index in [9.17, 15) is 0 Å². The SMILES string of the molecule is CCCCOC=CNCc1cccc(CC)c1. The van der Waals surface area contributed by atoms with Gasteiger partial charge in [-0.3, -0.25) is 0 Å². The van der Waals surface area contributed by atoms with Crippen molar-refractivity contribution in [1.82, 2.24) is 5.32 Å². The first-order valence-electron chi connectivity index (χ1n) is 6.44.